The highest BCUT2D eigenvalue weighted by Crippen LogP contribution is 2.29. The molecule has 2 rings (SSSR count). The number of hydrogen-bond acceptors (Lipinski definition) is 8. The molecule has 0 spiro atoms. The molecule has 138 valence electrons. The van der Waals surface area contributed by atoms with Crippen molar-refractivity contribution in [1.29, 1.82) is 0 Å². The second-order valence-electron chi connectivity index (χ2n) is 5.07. The average molecular weight is 378 g/mol. The Hall–Kier alpha value is -2.94. The third-order valence-electron chi connectivity index (χ3n) is 3.16. The van der Waals surface area contributed by atoms with Gasteiger partial charge in [0.1, 0.15) is 4.88 Å². The van der Waals surface area contributed by atoms with Gasteiger partial charge in [-0.25, -0.2) is 9.78 Å². The molecule has 0 fully saturated rings. The molecule has 0 radical (unpaired) electrons. The van der Waals surface area contributed by atoms with Crippen LogP contribution < -0.4 is 14.8 Å². The molecule has 0 unspecified atom stereocenters. The number of ether oxygens (including phenoxy) is 3. The zero-order valence-corrected chi connectivity index (χ0v) is 15.6. The van der Waals surface area contributed by atoms with E-state index >= 15 is 0 Å². The molecular weight excluding hydrogens is 360 g/mol. The highest BCUT2D eigenvalue weighted by molar-refractivity contribution is 7.17. The number of carbonyl (C=O) groups excluding carboxylic acids is 3. The number of benzene rings is 1. The van der Waals surface area contributed by atoms with Crippen LogP contribution in [0.2, 0.25) is 0 Å². The first-order chi connectivity index (χ1) is 12.3. The van der Waals surface area contributed by atoms with Crippen molar-refractivity contribution in [3.05, 3.63) is 34.3 Å². The van der Waals surface area contributed by atoms with Crippen molar-refractivity contribution in [3.63, 3.8) is 0 Å². The van der Waals surface area contributed by atoms with E-state index in [4.69, 9.17) is 14.2 Å². The van der Waals surface area contributed by atoms with Crippen LogP contribution >= 0.6 is 11.3 Å². The minimum absolute atomic E-state index is 0.214. The molecule has 1 aromatic heterocycles. The summed E-state index contributed by atoms with van der Waals surface area (Å²) in [6, 6.07) is 4.40. The van der Waals surface area contributed by atoms with Crippen LogP contribution in [0.4, 0.5) is 5.13 Å². The Balaban J connectivity index is 2.18. The van der Waals surface area contributed by atoms with Crippen molar-refractivity contribution in [2.24, 2.45) is 0 Å². The van der Waals surface area contributed by atoms with Crippen LogP contribution in [0.5, 0.6) is 11.5 Å². The fraction of sp³-hybridized carbons (Fsp3) is 0.294. The monoisotopic (exact) mass is 378 g/mol. The zero-order valence-electron chi connectivity index (χ0n) is 14.7. The maximum Gasteiger partial charge on any atom is 0.350 e. The molecule has 1 aromatic carbocycles. The summed E-state index contributed by atoms with van der Waals surface area (Å²) in [6.45, 7) is 4.90. The van der Waals surface area contributed by atoms with Crippen molar-refractivity contribution >= 4 is 34.3 Å². The third-order valence-corrected chi connectivity index (χ3v) is 4.21. The van der Waals surface area contributed by atoms with Gasteiger partial charge in [0.25, 0.3) is 5.91 Å². The van der Waals surface area contributed by atoms with E-state index in [1.54, 1.807) is 13.8 Å². The zero-order chi connectivity index (χ0) is 19.3. The van der Waals surface area contributed by atoms with Gasteiger partial charge in [0, 0.05) is 12.5 Å². The second kappa shape index (κ2) is 8.43. The molecule has 26 heavy (non-hydrogen) atoms. The van der Waals surface area contributed by atoms with E-state index in [0.29, 0.717) is 10.6 Å². The Labute approximate surface area is 154 Å². The smallest absolute Gasteiger partial charge is 0.350 e. The standard InChI is InChI=1S/C17H18N2O6S/c1-5-24-16(22)14-9(2)18-17(26-14)19-15(21)11-6-7-12(25-10(3)20)13(8-11)23-4/h6-8H,5H2,1-4H3,(H,18,19,21). The van der Waals surface area contributed by atoms with E-state index in [-0.39, 0.29) is 28.8 Å². The third kappa shape index (κ3) is 4.57. The van der Waals surface area contributed by atoms with Crippen molar-refractivity contribution < 1.29 is 28.6 Å². The molecule has 0 saturated heterocycles. The Morgan fingerprint density at radius 1 is 1.23 bits per heavy atom. The molecule has 0 bridgehead atoms. The van der Waals surface area contributed by atoms with E-state index in [1.807, 2.05) is 0 Å². The second-order valence-corrected chi connectivity index (χ2v) is 6.07. The fourth-order valence-electron chi connectivity index (χ4n) is 2.05. The van der Waals surface area contributed by atoms with Crippen molar-refractivity contribution in [3.8, 4) is 11.5 Å². The first-order valence-electron chi connectivity index (χ1n) is 7.68. The van der Waals surface area contributed by atoms with E-state index in [1.165, 1.54) is 32.2 Å². The van der Waals surface area contributed by atoms with Crippen molar-refractivity contribution in [2.75, 3.05) is 19.0 Å². The maximum atomic E-state index is 12.4. The lowest BCUT2D eigenvalue weighted by Gasteiger charge is -2.09. The van der Waals surface area contributed by atoms with Gasteiger partial charge in [-0.3, -0.25) is 14.9 Å². The van der Waals surface area contributed by atoms with Gasteiger partial charge in [0.05, 0.1) is 19.4 Å². The SMILES string of the molecule is CCOC(=O)c1sc(NC(=O)c2ccc(OC(C)=O)c(OC)c2)nc1C. The number of methoxy groups -OCH3 is 1. The highest BCUT2D eigenvalue weighted by atomic mass is 32.1. The first kappa shape index (κ1) is 19.4. The molecule has 0 atom stereocenters. The number of hydrogen-bond donors (Lipinski definition) is 1. The first-order valence-corrected chi connectivity index (χ1v) is 8.49. The summed E-state index contributed by atoms with van der Waals surface area (Å²) in [5.41, 5.74) is 0.759. The summed E-state index contributed by atoms with van der Waals surface area (Å²) in [7, 11) is 1.40. The Morgan fingerprint density at radius 2 is 1.96 bits per heavy atom. The lowest BCUT2D eigenvalue weighted by atomic mass is 10.2. The quantitative estimate of drug-likeness (QED) is 0.609. The van der Waals surface area contributed by atoms with Crippen LogP contribution in [0.1, 0.15) is 39.6 Å². The lowest BCUT2D eigenvalue weighted by molar-refractivity contribution is -0.132. The van der Waals surface area contributed by atoms with Gasteiger partial charge in [0.2, 0.25) is 0 Å². The topological polar surface area (TPSA) is 104 Å². The number of nitrogens with one attached hydrogen (secondary N) is 1. The summed E-state index contributed by atoms with van der Waals surface area (Å²) in [6.07, 6.45) is 0. The minimum Gasteiger partial charge on any atom is -0.493 e. The van der Waals surface area contributed by atoms with Gasteiger partial charge in [0.15, 0.2) is 16.6 Å². The number of nitrogens with zero attached hydrogens (tertiary/aromatic N) is 1. The van der Waals surface area contributed by atoms with Gasteiger partial charge in [-0.2, -0.15) is 0 Å². The molecule has 0 aliphatic rings. The number of thiazole rings is 1. The number of esters is 2. The molecule has 0 saturated carbocycles. The predicted molar refractivity (Wildman–Crippen MR) is 95.1 cm³/mol. The van der Waals surface area contributed by atoms with Crippen LogP contribution in [-0.2, 0) is 9.53 Å². The Morgan fingerprint density at radius 3 is 2.58 bits per heavy atom. The summed E-state index contributed by atoms with van der Waals surface area (Å²) < 4.78 is 15.1. The van der Waals surface area contributed by atoms with Crippen molar-refractivity contribution in [2.45, 2.75) is 20.8 Å². The van der Waals surface area contributed by atoms with Gasteiger partial charge >= 0.3 is 11.9 Å². The van der Waals surface area contributed by atoms with Gasteiger partial charge in [-0.1, -0.05) is 11.3 Å². The van der Waals surface area contributed by atoms with Crippen LogP contribution in [0.3, 0.4) is 0 Å². The highest BCUT2D eigenvalue weighted by Gasteiger charge is 2.19. The lowest BCUT2D eigenvalue weighted by Crippen LogP contribution is -2.12. The van der Waals surface area contributed by atoms with Crippen LogP contribution in [0.15, 0.2) is 18.2 Å². The molecular formula is C17H18N2O6S. The molecule has 1 N–H and O–H groups in total. The summed E-state index contributed by atoms with van der Waals surface area (Å²) in [5, 5.41) is 2.90. The molecule has 9 heteroatoms. The number of rotatable bonds is 6. The number of aromatic nitrogens is 1. The maximum absolute atomic E-state index is 12.4. The van der Waals surface area contributed by atoms with Gasteiger partial charge in [-0.15, -0.1) is 0 Å². The number of amides is 1. The van der Waals surface area contributed by atoms with Gasteiger partial charge in [-0.05, 0) is 32.0 Å². The number of carbonyl (C=O) groups is 3. The summed E-state index contributed by atoms with van der Waals surface area (Å²) in [4.78, 5) is 39.8. The molecule has 1 amide bonds. The summed E-state index contributed by atoms with van der Waals surface area (Å²) >= 11 is 1.03. The van der Waals surface area contributed by atoms with E-state index in [2.05, 4.69) is 10.3 Å². The summed E-state index contributed by atoms with van der Waals surface area (Å²) in [5.74, 6) is -0.955. The van der Waals surface area contributed by atoms with Gasteiger partial charge < -0.3 is 14.2 Å². The van der Waals surface area contributed by atoms with Crippen LogP contribution in [0, 0.1) is 6.92 Å². The normalized spacial score (nSPS) is 10.2. The number of anilines is 1. The minimum atomic E-state index is -0.495. The Bertz CT molecular complexity index is 846. The molecule has 0 aliphatic heterocycles. The fourth-order valence-corrected chi connectivity index (χ4v) is 2.91. The predicted octanol–water partition coefficient (Wildman–Crippen LogP) is 2.81. The Kier molecular flexibility index (Phi) is 6.29. The molecule has 1 heterocycles. The average Bonchev–Trinajstić information content (AvgIpc) is 2.95. The van der Waals surface area contributed by atoms with Crippen LogP contribution in [0.25, 0.3) is 0 Å². The largest absolute Gasteiger partial charge is 0.493 e. The van der Waals surface area contributed by atoms with Crippen LogP contribution in [-0.4, -0.2) is 36.5 Å². The number of aryl methyl sites for hydroxylation is 1. The van der Waals surface area contributed by atoms with Crippen molar-refractivity contribution in [1.82, 2.24) is 4.98 Å². The van der Waals surface area contributed by atoms with E-state index in [9.17, 15) is 14.4 Å². The molecule has 2 aromatic rings. The molecule has 8 nitrogen and oxygen atoms in total. The molecule has 0 aliphatic carbocycles. The van der Waals surface area contributed by atoms with E-state index < -0.39 is 17.8 Å². The van der Waals surface area contributed by atoms with E-state index in [0.717, 1.165) is 11.3 Å².